The van der Waals surface area contributed by atoms with E-state index < -0.39 is 0 Å². The minimum Gasteiger partial charge on any atom is -0.493 e. The molecule has 0 aliphatic carbocycles. The molecular weight excluding hydrogens is 596 g/mol. The molecule has 230 valence electrons. The summed E-state index contributed by atoms with van der Waals surface area (Å²) in [5, 5.41) is 21.1. The van der Waals surface area contributed by atoms with Gasteiger partial charge in [0.15, 0.2) is 23.0 Å². The van der Waals surface area contributed by atoms with E-state index in [0.717, 1.165) is 27.1 Å². The summed E-state index contributed by atoms with van der Waals surface area (Å²) in [4.78, 5) is 5.39. The maximum absolute atomic E-state index is 10.4. The fourth-order valence-corrected chi connectivity index (χ4v) is 6.28. The average Bonchev–Trinajstić information content (AvgIpc) is 3.09. The van der Waals surface area contributed by atoms with E-state index in [9.17, 15) is 10.5 Å². The summed E-state index contributed by atoms with van der Waals surface area (Å²) in [5.74, 6) is 2.13. The SMILES string of the molecule is COc1ccc(C(c2cccc(-c3c(C#N)c(N)nc(Sc4ccc(C)cc4)c3C#N)c2)c2ccc(OC)c(OC)c2)cc1OC. The van der Waals surface area contributed by atoms with Crippen LogP contribution in [-0.4, -0.2) is 33.4 Å². The highest BCUT2D eigenvalue weighted by molar-refractivity contribution is 7.99. The minimum atomic E-state index is -0.309. The van der Waals surface area contributed by atoms with Crippen molar-refractivity contribution in [3.05, 3.63) is 118 Å². The number of nitrogens with zero attached hydrogens (tertiary/aromatic N) is 3. The summed E-state index contributed by atoms with van der Waals surface area (Å²) >= 11 is 1.33. The fraction of sp³-hybridized carbons (Fsp3) is 0.162. The predicted octanol–water partition coefficient (Wildman–Crippen LogP) is 7.75. The molecule has 0 fully saturated rings. The normalized spacial score (nSPS) is 10.6. The molecule has 0 saturated carbocycles. The van der Waals surface area contributed by atoms with Gasteiger partial charge in [0.1, 0.15) is 28.5 Å². The molecule has 9 heteroatoms. The maximum Gasteiger partial charge on any atom is 0.161 e. The number of ether oxygens (including phenoxy) is 4. The van der Waals surface area contributed by atoms with Crippen molar-refractivity contribution in [1.29, 1.82) is 10.5 Å². The van der Waals surface area contributed by atoms with Crippen molar-refractivity contribution >= 4 is 17.6 Å². The zero-order valence-electron chi connectivity index (χ0n) is 26.1. The van der Waals surface area contributed by atoms with Crippen molar-refractivity contribution in [2.24, 2.45) is 0 Å². The number of pyridine rings is 1. The zero-order chi connectivity index (χ0) is 32.8. The lowest BCUT2D eigenvalue weighted by atomic mass is 9.83. The Morgan fingerprint density at radius 1 is 0.674 bits per heavy atom. The third kappa shape index (κ3) is 6.28. The highest BCUT2D eigenvalue weighted by Crippen LogP contribution is 2.43. The molecule has 46 heavy (non-hydrogen) atoms. The Kier molecular flexibility index (Phi) is 9.66. The first-order valence-corrected chi connectivity index (χ1v) is 15.1. The highest BCUT2D eigenvalue weighted by Gasteiger charge is 2.25. The highest BCUT2D eigenvalue weighted by atomic mass is 32.2. The molecule has 1 heterocycles. The fourth-order valence-electron chi connectivity index (χ4n) is 5.39. The summed E-state index contributed by atoms with van der Waals surface area (Å²) in [7, 11) is 6.39. The molecule has 0 amide bonds. The second kappa shape index (κ2) is 14.0. The van der Waals surface area contributed by atoms with Crippen LogP contribution in [0.3, 0.4) is 0 Å². The van der Waals surface area contributed by atoms with Gasteiger partial charge in [0.2, 0.25) is 0 Å². The number of nitrogen functional groups attached to an aromatic ring is 1. The van der Waals surface area contributed by atoms with Gasteiger partial charge in [-0.15, -0.1) is 0 Å². The molecule has 5 aromatic rings. The number of aryl methyl sites for hydroxylation is 1. The van der Waals surface area contributed by atoms with Gasteiger partial charge in [-0.05, 0) is 65.6 Å². The zero-order valence-corrected chi connectivity index (χ0v) is 26.9. The molecule has 0 saturated heterocycles. The minimum absolute atomic E-state index is 0.0628. The monoisotopic (exact) mass is 628 g/mol. The number of methoxy groups -OCH3 is 4. The van der Waals surface area contributed by atoms with Crippen LogP contribution in [-0.2, 0) is 0 Å². The van der Waals surface area contributed by atoms with Crippen LogP contribution in [0.1, 0.15) is 39.3 Å². The molecule has 0 atom stereocenters. The quantitative estimate of drug-likeness (QED) is 0.155. The molecule has 1 aromatic heterocycles. The van der Waals surface area contributed by atoms with E-state index in [0.29, 0.717) is 39.2 Å². The first-order valence-electron chi connectivity index (χ1n) is 14.3. The van der Waals surface area contributed by atoms with Gasteiger partial charge in [0, 0.05) is 16.4 Å². The Morgan fingerprint density at radius 3 is 1.74 bits per heavy atom. The maximum atomic E-state index is 10.4. The molecule has 0 aliphatic heterocycles. The number of benzene rings is 4. The van der Waals surface area contributed by atoms with Gasteiger partial charge in [0.25, 0.3) is 0 Å². The summed E-state index contributed by atoms with van der Waals surface area (Å²) in [6.45, 7) is 2.01. The van der Waals surface area contributed by atoms with Crippen LogP contribution >= 0.6 is 11.8 Å². The first-order chi connectivity index (χ1) is 22.3. The Balaban J connectivity index is 1.72. The van der Waals surface area contributed by atoms with Crippen molar-refractivity contribution < 1.29 is 18.9 Å². The van der Waals surface area contributed by atoms with Crippen LogP contribution in [0.25, 0.3) is 11.1 Å². The smallest absolute Gasteiger partial charge is 0.161 e. The molecule has 2 N–H and O–H groups in total. The molecular formula is C37H32N4O4S. The van der Waals surface area contributed by atoms with Crippen molar-refractivity contribution in [2.75, 3.05) is 34.2 Å². The van der Waals surface area contributed by atoms with Gasteiger partial charge >= 0.3 is 0 Å². The Labute approximate surface area is 273 Å². The van der Waals surface area contributed by atoms with E-state index in [1.165, 1.54) is 11.8 Å². The summed E-state index contributed by atoms with van der Waals surface area (Å²) in [6, 6.07) is 31.8. The van der Waals surface area contributed by atoms with E-state index in [-0.39, 0.29) is 22.9 Å². The number of rotatable bonds is 10. The van der Waals surface area contributed by atoms with E-state index in [4.69, 9.17) is 24.7 Å². The number of hydrogen-bond donors (Lipinski definition) is 1. The largest absolute Gasteiger partial charge is 0.493 e. The lowest BCUT2D eigenvalue weighted by molar-refractivity contribution is 0.354. The van der Waals surface area contributed by atoms with E-state index >= 15 is 0 Å². The average molecular weight is 629 g/mol. The number of hydrogen-bond acceptors (Lipinski definition) is 9. The number of nitriles is 2. The molecule has 0 unspecified atom stereocenters. The predicted molar refractivity (Wildman–Crippen MR) is 179 cm³/mol. The Hall–Kier alpha value is -5.64. The van der Waals surface area contributed by atoms with Gasteiger partial charge in [-0.1, -0.05) is 65.9 Å². The lowest BCUT2D eigenvalue weighted by Gasteiger charge is -2.22. The van der Waals surface area contributed by atoms with E-state index in [1.807, 2.05) is 91.9 Å². The molecule has 4 aromatic carbocycles. The molecule has 0 radical (unpaired) electrons. The number of nitrogens with two attached hydrogens (primary N) is 1. The van der Waals surface area contributed by atoms with Crippen LogP contribution in [0.15, 0.2) is 94.9 Å². The molecule has 0 aliphatic rings. The Morgan fingerprint density at radius 2 is 1.22 bits per heavy atom. The second-order valence-corrected chi connectivity index (χ2v) is 11.4. The van der Waals surface area contributed by atoms with Crippen LogP contribution in [0, 0.1) is 29.6 Å². The third-order valence-corrected chi connectivity index (χ3v) is 8.64. The van der Waals surface area contributed by atoms with Gasteiger partial charge in [-0.3, -0.25) is 0 Å². The molecule has 0 spiro atoms. The summed E-state index contributed by atoms with van der Waals surface area (Å²) in [6.07, 6.45) is 0. The summed E-state index contributed by atoms with van der Waals surface area (Å²) in [5.41, 5.74) is 11.8. The van der Waals surface area contributed by atoms with Crippen molar-refractivity contribution in [3.63, 3.8) is 0 Å². The lowest BCUT2D eigenvalue weighted by Crippen LogP contribution is -2.07. The van der Waals surface area contributed by atoms with E-state index in [2.05, 4.69) is 17.1 Å². The second-order valence-electron chi connectivity index (χ2n) is 10.4. The van der Waals surface area contributed by atoms with Crippen LogP contribution < -0.4 is 24.7 Å². The number of anilines is 1. The van der Waals surface area contributed by atoms with Crippen LogP contribution in [0.2, 0.25) is 0 Å². The third-order valence-electron chi connectivity index (χ3n) is 7.64. The Bertz CT molecular complexity index is 1920. The van der Waals surface area contributed by atoms with Gasteiger partial charge < -0.3 is 24.7 Å². The van der Waals surface area contributed by atoms with Crippen molar-refractivity contribution in [3.8, 4) is 46.3 Å². The standard InChI is InChI=1S/C37H32N4O4S/c1-22-9-13-27(14-10-22)46-37-29(21-39)35(28(20-38)36(40)41-37)24-8-6-7-23(17-24)34(25-11-15-30(42-2)32(18-25)44-4)26-12-16-31(43-3)33(19-26)45-5/h6-19,34H,1-5H3,(H2,40,41). The molecule has 5 rings (SSSR count). The molecule has 0 bridgehead atoms. The van der Waals surface area contributed by atoms with Crippen LogP contribution in [0.5, 0.6) is 23.0 Å². The molecule has 8 nitrogen and oxygen atoms in total. The summed E-state index contributed by atoms with van der Waals surface area (Å²) < 4.78 is 22.3. The number of aromatic nitrogens is 1. The van der Waals surface area contributed by atoms with E-state index in [1.54, 1.807) is 28.4 Å². The first kappa shape index (κ1) is 31.8. The van der Waals surface area contributed by atoms with Gasteiger partial charge in [0.05, 0.1) is 34.0 Å². The van der Waals surface area contributed by atoms with Crippen molar-refractivity contribution in [2.45, 2.75) is 22.8 Å². The van der Waals surface area contributed by atoms with Crippen LogP contribution in [0.4, 0.5) is 5.82 Å². The van der Waals surface area contributed by atoms with Gasteiger partial charge in [-0.2, -0.15) is 10.5 Å². The van der Waals surface area contributed by atoms with Gasteiger partial charge in [-0.25, -0.2) is 4.98 Å². The topological polar surface area (TPSA) is 123 Å². The van der Waals surface area contributed by atoms with Crippen molar-refractivity contribution in [1.82, 2.24) is 4.98 Å².